The SMILES string of the molecule is CC(C)(C)OC(=O)N1CCC(CC#N)(n2nc(Nc3ccc4c(c3)CCC4=O)c3c(=O)[nH]ccc32)CC1. The fourth-order valence-corrected chi connectivity index (χ4v) is 5.24. The number of likely N-dealkylation sites (tertiary alicyclic amines) is 1. The molecular formula is C27H30N6O4. The Kier molecular flexibility index (Phi) is 6.02. The largest absolute Gasteiger partial charge is 0.444 e. The van der Waals surface area contributed by atoms with E-state index in [1.54, 1.807) is 27.9 Å². The van der Waals surface area contributed by atoms with Crippen LogP contribution in [0.3, 0.4) is 0 Å². The van der Waals surface area contributed by atoms with Gasteiger partial charge in [-0.3, -0.25) is 14.3 Å². The zero-order chi connectivity index (χ0) is 26.4. The van der Waals surface area contributed by atoms with E-state index < -0.39 is 11.1 Å². The number of piperidine rings is 1. The second kappa shape index (κ2) is 9.07. The maximum absolute atomic E-state index is 12.9. The number of aromatic amines is 1. The minimum Gasteiger partial charge on any atom is -0.444 e. The molecule has 2 N–H and O–H groups in total. The fraction of sp³-hybridized carbons (Fsp3) is 0.444. The van der Waals surface area contributed by atoms with Crippen molar-refractivity contribution in [3.8, 4) is 6.07 Å². The number of nitrogens with zero attached hydrogens (tertiary/aromatic N) is 4. The van der Waals surface area contributed by atoms with Gasteiger partial charge in [0.05, 0.1) is 23.5 Å². The molecular weight excluding hydrogens is 472 g/mol. The van der Waals surface area contributed by atoms with Crippen molar-refractivity contribution < 1.29 is 14.3 Å². The minimum atomic E-state index is -0.691. The van der Waals surface area contributed by atoms with Crippen LogP contribution in [-0.4, -0.2) is 50.2 Å². The summed E-state index contributed by atoms with van der Waals surface area (Å²) in [6.45, 7) is 6.30. The number of rotatable bonds is 4. The summed E-state index contributed by atoms with van der Waals surface area (Å²) in [5.74, 6) is 0.525. The molecule has 37 heavy (non-hydrogen) atoms. The molecule has 0 saturated carbocycles. The zero-order valence-corrected chi connectivity index (χ0v) is 21.3. The molecule has 1 aliphatic carbocycles. The van der Waals surface area contributed by atoms with Gasteiger partial charge in [0.25, 0.3) is 5.56 Å². The van der Waals surface area contributed by atoms with E-state index in [2.05, 4.69) is 16.4 Å². The second-order valence-corrected chi connectivity index (χ2v) is 10.8. The Morgan fingerprint density at radius 3 is 2.68 bits per heavy atom. The molecule has 3 heterocycles. The summed E-state index contributed by atoms with van der Waals surface area (Å²) in [5.41, 5.74) is 1.49. The average Bonchev–Trinajstić information content (AvgIpc) is 3.40. The van der Waals surface area contributed by atoms with Crippen molar-refractivity contribution in [2.75, 3.05) is 18.4 Å². The number of anilines is 2. The third kappa shape index (κ3) is 4.57. The van der Waals surface area contributed by atoms with Gasteiger partial charge in [-0.25, -0.2) is 4.79 Å². The molecule has 0 unspecified atom stereocenters. The topological polar surface area (TPSA) is 133 Å². The highest BCUT2D eigenvalue weighted by Crippen LogP contribution is 2.38. The number of fused-ring (bicyclic) bond motifs is 2. The summed E-state index contributed by atoms with van der Waals surface area (Å²) in [6, 6.07) is 9.63. The van der Waals surface area contributed by atoms with Gasteiger partial charge in [-0.15, -0.1) is 0 Å². The molecule has 3 aromatic rings. The predicted molar refractivity (Wildman–Crippen MR) is 138 cm³/mol. The smallest absolute Gasteiger partial charge is 0.410 e. The van der Waals surface area contributed by atoms with Gasteiger partial charge >= 0.3 is 6.09 Å². The Labute approximate surface area is 214 Å². The first-order valence-corrected chi connectivity index (χ1v) is 12.5. The molecule has 0 bridgehead atoms. The van der Waals surface area contributed by atoms with Gasteiger partial charge in [0, 0.05) is 37.0 Å². The van der Waals surface area contributed by atoms with Gasteiger partial charge in [-0.1, -0.05) is 0 Å². The average molecular weight is 503 g/mol. The monoisotopic (exact) mass is 502 g/mol. The van der Waals surface area contributed by atoms with Gasteiger partial charge < -0.3 is 19.9 Å². The predicted octanol–water partition coefficient (Wildman–Crippen LogP) is 4.24. The van der Waals surface area contributed by atoms with E-state index in [0.29, 0.717) is 55.5 Å². The van der Waals surface area contributed by atoms with Crippen molar-refractivity contribution in [1.29, 1.82) is 5.26 Å². The number of hydrogen-bond donors (Lipinski definition) is 2. The highest BCUT2D eigenvalue weighted by atomic mass is 16.6. The molecule has 192 valence electrons. The number of H-pyrrole nitrogens is 1. The van der Waals surface area contributed by atoms with Gasteiger partial charge in [-0.05, 0) is 69.9 Å². The van der Waals surface area contributed by atoms with Crippen molar-refractivity contribution >= 4 is 34.3 Å². The third-order valence-corrected chi connectivity index (χ3v) is 7.10. The van der Waals surface area contributed by atoms with E-state index in [1.807, 2.05) is 32.9 Å². The van der Waals surface area contributed by atoms with Crippen molar-refractivity contribution in [2.24, 2.45) is 0 Å². The van der Waals surface area contributed by atoms with Gasteiger partial charge in [0.1, 0.15) is 11.0 Å². The molecule has 1 saturated heterocycles. The maximum Gasteiger partial charge on any atom is 0.410 e. The fourth-order valence-electron chi connectivity index (χ4n) is 5.24. The lowest BCUT2D eigenvalue weighted by atomic mass is 9.85. The summed E-state index contributed by atoms with van der Waals surface area (Å²) >= 11 is 0. The number of Topliss-reactive ketones (excluding diaryl/α,β-unsaturated/α-hetero) is 1. The molecule has 5 rings (SSSR count). The van der Waals surface area contributed by atoms with Gasteiger partial charge in [0.2, 0.25) is 0 Å². The van der Waals surface area contributed by atoms with Crippen LogP contribution in [0.5, 0.6) is 0 Å². The number of ketones is 1. The number of nitrogens with one attached hydrogen (secondary N) is 2. The van der Waals surface area contributed by atoms with Crippen molar-refractivity contribution in [3.05, 3.63) is 51.9 Å². The van der Waals surface area contributed by atoms with E-state index in [9.17, 15) is 19.6 Å². The molecule has 1 amide bonds. The molecule has 1 aliphatic heterocycles. The molecule has 1 aromatic carbocycles. The number of benzene rings is 1. The summed E-state index contributed by atoms with van der Waals surface area (Å²) in [6.07, 6.45) is 3.56. The number of ether oxygens (including phenoxy) is 1. The van der Waals surface area contributed by atoms with E-state index in [4.69, 9.17) is 9.84 Å². The van der Waals surface area contributed by atoms with Crippen LogP contribution >= 0.6 is 0 Å². The van der Waals surface area contributed by atoms with Crippen molar-refractivity contribution in [2.45, 2.75) is 64.0 Å². The van der Waals surface area contributed by atoms with Crippen LogP contribution in [0.25, 0.3) is 10.9 Å². The molecule has 2 aliphatic rings. The van der Waals surface area contributed by atoms with E-state index in [-0.39, 0.29) is 23.9 Å². The van der Waals surface area contributed by atoms with Crippen LogP contribution in [0.15, 0.2) is 35.3 Å². The Morgan fingerprint density at radius 2 is 1.97 bits per heavy atom. The maximum atomic E-state index is 12.9. The number of hydrogen-bond acceptors (Lipinski definition) is 7. The van der Waals surface area contributed by atoms with Crippen LogP contribution in [0.2, 0.25) is 0 Å². The number of pyridine rings is 1. The Balaban J connectivity index is 1.50. The summed E-state index contributed by atoms with van der Waals surface area (Å²) in [7, 11) is 0. The molecule has 10 heteroatoms. The third-order valence-electron chi connectivity index (χ3n) is 7.10. The normalized spacial score (nSPS) is 16.9. The van der Waals surface area contributed by atoms with E-state index in [1.165, 1.54) is 0 Å². The first-order valence-electron chi connectivity index (χ1n) is 12.5. The Morgan fingerprint density at radius 1 is 1.22 bits per heavy atom. The van der Waals surface area contributed by atoms with Crippen LogP contribution in [0, 0.1) is 11.3 Å². The zero-order valence-electron chi connectivity index (χ0n) is 21.3. The minimum absolute atomic E-state index is 0.142. The van der Waals surface area contributed by atoms with Crippen molar-refractivity contribution in [3.63, 3.8) is 0 Å². The van der Waals surface area contributed by atoms with Gasteiger partial charge in [-0.2, -0.15) is 10.4 Å². The number of amides is 1. The first-order chi connectivity index (χ1) is 17.6. The lowest BCUT2D eigenvalue weighted by Crippen LogP contribution is -2.49. The lowest BCUT2D eigenvalue weighted by molar-refractivity contribution is 0.0110. The number of carbonyl (C=O) groups is 2. The van der Waals surface area contributed by atoms with Gasteiger partial charge in [0.15, 0.2) is 11.6 Å². The van der Waals surface area contributed by atoms with Crippen LogP contribution in [-0.2, 0) is 16.7 Å². The first kappa shape index (κ1) is 24.6. The highest BCUT2D eigenvalue weighted by Gasteiger charge is 2.41. The lowest BCUT2D eigenvalue weighted by Gasteiger charge is -2.41. The summed E-state index contributed by atoms with van der Waals surface area (Å²) in [5, 5.41) is 18.2. The highest BCUT2D eigenvalue weighted by molar-refractivity contribution is 6.01. The number of aryl methyl sites for hydroxylation is 1. The quantitative estimate of drug-likeness (QED) is 0.545. The standard InChI is InChI=1S/C27H30N6O4/c1-26(2,3)37-25(36)32-14-10-27(9-12-28,11-15-32)33-20-8-13-29-24(35)22(20)23(31-33)30-18-5-6-19-17(16-18)4-7-21(19)34/h5-6,8,13,16H,4,7,9-11,14-15H2,1-3H3,(H,29,35)(H,30,31). The molecule has 0 atom stereocenters. The second-order valence-electron chi connectivity index (χ2n) is 10.8. The summed E-state index contributed by atoms with van der Waals surface area (Å²) in [4.78, 5) is 42.0. The number of nitriles is 1. The molecule has 0 radical (unpaired) electrons. The number of aromatic nitrogens is 3. The number of carbonyl (C=O) groups excluding carboxylic acids is 2. The van der Waals surface area contributed by atoms with Crippen LogP contribution in [0.4, 0.5) is 16.3 Å². The molecule has 2 aromatic heterocycles. The summed E-state index contributed by atoms with van der Waals surface area (Å²) < 4.78 is 7.31. The molecule has 10 nitrogen and oxygen atoms in total. The van der Waals surface area contributed by atoms with E-state index >= 15 is 0 Å². The van der Waals surface area contributed by atoms with E-state index in [0.717, 1.165) is 16.8 Å². The molecule has 1 fully saturated rings. The van der Waals surface area contributed by atoms with Crippen LogP contribution in [0.1, 0.15) is 62.4 Å². The Bertz CT molecular complexity index is 1480. The Hall–Kier alpha value is -4.13. The molecule has 0 spiro atoms. The van der Waals surface area contributed by atoms with Crippen molar-refractivity contribution in [1.82, 2.24) is 19.7 Å². The van der Waals surface area contributed by atoms with Crippen LogP contribution < -0.4 is 10.9 Å².